The Balaban J connectivity index is 0.00000208. The molecule has 1 atom stereocenters. The van der Waals surface area contributed by atoms with Crippen molar-refractivity contribution < 1.29 is 9.47 Å². The highest BCUT2D eigenvalue weighted by Crippen LogP contribution is 2.25. The standard InChI is InChI=1S/C17H23N3O2S.HI/c1-18-17(20-7-8-22-14(10-20)11-21-2)19-9-13-12-23-16-6-4-3-5-15(13)16;/h3-6,12,14H,7-11H2,1-2H3,(H,18,19);1H. The van der Waals surface area contributed by atoms with Crippen molar-refractivity contribution in [2.75, 3.05) is 40.5 Å². The van der Waals surface area contributed by atoms with Crippen molar-refractivity contribution in [1.82, 2.24) is 10.2 Å². The third-order valence-corrected chi connectivity index (χ3v) is 5.01. The second-order valence-electron chi connectivity index (χ2n) is 5.55. The molecule has 0 spiro atoms. The Hall–Kier alpha value is -0.900. The van der Waals surface area contributed by atoms with Crippen LogP contribution < -0.4 is 5.32 Å². The van der Waals surface area contributed by atoms with Crippen molar-refractivity contribution in [3.05, 3.63) is 35.2 Å². The van der Waals surface area contributed by atoms with Crippen molar-refractivity contribution >= 4 is 51.4 Å². The number of morpholine rings is 1. The molecule has 0 amide bonds. The monoisotopic (exact) mass is 461 g/mol. The Kier molecular flexibility index (Phi) is 7.73. The van der Waals surface area contributed by atoms with Gasteiger partial charge >= 0.3 is 0 Å². The first-order valence-corrected chi connectivity index (χ1v) is 8.71. The fraction of sp³-hybridized carbons (Fsp3) is 0.471. The fourth-order valence-electron chi connectivity index (χ4n) is 2.87. The molecule has 1 aromatic heterocycles. The smallest absolute Gasteiger partial charge is 0.194 e. The van der Waals surface area contributed by atoms with Gasteiger partial charge < -0.3 is 19.7 Å². The number of guanidine groups is 1. The molecule has 1 saturated heterocycles. The summed E-state index contributed by atoms with van der Waals surface area (Å²) >= 11 is 1.79. The first kappa shape index (κ1) is 19.4. The maximum Gasteiger partial charge on any atom is 0.194 e. The molecule has 0 bridgehead atoms. The number of rotatable bonds is 4. The van der Waals surface area contributed by atoms with Crippen molar-refractivity contribution in [3.8, 4) is 0 Å². The van der Waals surface area contributed by atoms with E-state index in [9.17, 15) is 0 Å². The van der Waals surface area contributed by atoms with Crippen LogP contribution in [0.4, 0.5) is 0 Å². The average molecular weight is 461 g/mol. The first-order valence-electron chi connectivity index (χ1n) is 7.83. The van der Waals surface area contributed by atoms with Crippen molar-refractivity contribution in [2.45, 2.75) is 12.6 Å². The van der Waals surface area contributed by atoms with Crippen molar-refractivity contribution in [1.29, 1.82) is 0 Å². The maximum atomic E-state index is 5.70. The highest BCUT2D eigenvalue weighted by molar-refractivity contribution is 14.0. The first-order chi connectivity index (χ1) is 11.3. The van der Waals surface area contributed by atoms with E-state index in [-0.39, 0.29) is 30.1 Å². The Morgan fingerprint density at radius 1 is 1.46 bits per heavy atom. The lowest BCUT2D eigenvalue weighted by molar-refractivity contribution is -0.0447. The van der Waals surface area contributed by atoms with Gasteiger partial charge in [-0.3, -0.25) is 4.99 Å². The van der Waals surface area contributed by atoms with Gasteiger partial charge in [-0.2, -0.15) is 0 Å². The Labute approximate surface area is 164 Å². The summed E-state index contributed by atoms with van der Waals surface area (Å²) in [6.07, 6.45) is 0.106. The molecule has 3 rings (SSSR count). The molecule has 132 valence electrons. The van der Waals surface area contributed by atoms with Crippen LogP contribution in [-0.4, -0.2) is 57.4 Å². The second kappa shape index (κ2) is 9.55. The van der Waals surface area contributed by atoms with E-state index in [1.807, 2.05) is 7.05 Å². The molecule has 1 unspecified atom stereocenters. The summed E-state index contributed by atoms with van der Waals surface area (Å²) in [4.78, 5) is 6.66. The summed E-state index contributed by atoms with van der Waals surface area (Å²) < 4.78 is 12.2. The van der Waals surface area contributed by atoms with Gasteiger partial charge in [0.05, 0.1) is 19.3 Å². The van der Waals surface area contributed by atoms with E-state index in [2.05, 4.69) is 44.9 Å². The lowest BCUT2D eigenvalue weighted by atomic mass is 10.2. The molecule has 1 fully saturated rings. The van der Waals surface area contributed by atoms with Crippen LogP contribution in [-0.2, 0) is 16.0 Å². The number of benzene rings is 1. The highest BCUT2D eigenvalue weighted by Gasteiger charge is 2.22. The molecular formula is C17H24IN3O2S. The van der Waals surface area contributed by atoms with Gasteiger partial charge in [0.25, 0.3) is 0 Å². The predicted octanol–water partition coefficient (Wildman–Crippen LogP) is 2.94. The van der Waals surface area contributed by atoms with Crippen LogP contribution in [0.15, 0.2) is 34.6 Å². The lowest BCUT2D eigenvalue weighted by Gasteiger charge is -2.34. The van der Waals surface area contributed by atoms with Gasteiger partial charge in [0, 0.05) is 38.5 Å². The van der Waals surface area contributed by atoms with Gasteiger partial charge in [0.2, 0.25) is 0 Å². The summed E-state index contributed by atoms with van der Waals surface area (Å²) in [5, 5.41) is 7.02. The summed E-state index contributed by atoms with van der Waals surface area (Å²) in [7, 11) is 3.53. The molecule has 24 heavy (non-hydrogen) atoms. The summed E-state index contributed by atoms with van der Waals surface area (Å²) in [6.45, 7) is 3.75. The van der Waals surface area contributed by atoms with Crippen LogP contribution in [0.1, 0.15) is 5.56 Å². The molecule has 0 radical (unpaired) electrons. The van der Waals surface area contributed by atoms with Crippen LogP contribution >= 0.6 is 35.3 Å². The number of thiophene rings is 1. The molecule has 1 aliphatic rings. The Morgan fingerprint density at radius 3 is 3.08 bits per heavy atom. The van der Waals surface area contributed by atoms with Crippen LogP contribution in [0.3, 0.4) is 0 Å². The quantitative estimate of drug-likeness (QED) is 0.432. The summed E-state index contributed by atoms with van der Waals surface area (Å²) in [6, 6.07) is 8.51. The number of fused-ring (bicyclic) bond motifs is 1. The number of halogens is 1. The number of hydrogen-bond acceptors (Lipinski definition) is 4. The molecule has 2 heterocycles. The summed E-state index contributed by atoms with van der Waals surface area (Å²) in [5.41, 5.74) is 1.31. The molecule has 1 aromatic carbocycles. The topological polar surface area (TPSA) is 46.1 Å². The van der Waals surface area contributed by atoms with Crippen LogP contribution in [0.2, 0.25) is 0 Å². The molecule has 1 aliphatic heterocycles. The highest BCUT2D eigenvalue weighted by atomic mass is 127. The molecule has 2 aromatic rings. The van der Waals surface area contributed by atoms with Gasteiger partial charge in [-0.1, -0.05) is 18.2 Å². The third-order valence-electron chi connectivity index (χ3n) is 4.00. The zero-order chi connectivity index (χ0) is 16.1. The normalized spacial score (nSPS) is 18.5. The average Bonchev–Trinajstić information content (AvgIpc) is 3.00. The van der Waals surface area contributed by atoms with Crippen molar-refractivity contribution in [3.63, 3.8) is 0 Å². The maximum absolute atomic E-state index is 5.70. The number of ether oxygens (including phenoxy) is 2. The van der Waals surface area contributed by atoms with Crippen molar-refractivity contribution in [2.24, 2.45) is 4.99 Å². The zero-order valence-electron chi connectivity index (χ0n) is 14.0. The van der Waals surface area contributed by atoms with Gasteiger partial charge in [-0.15, -0.1) is 35.3 Å². The number of aliphatic imine (C=N–C) groups is 1. The number of nitrogens with one attached hydrogen (secondary N) is 1. The predicted molar refractivity (Wildman–Crippen MR) is 111 cm³/mol. The molecule has 1 N–H and O–H groups in total. The van der Waals surface area contributed by atoms with E-state index < -0.39 is 0 Å². The van der Waals surface area contributed by atoms with Crippen LogP contribution in [0.5, 0.6) is 0 Å². The summed E-state index contributed by atoms with van der Waals surface area (Å²) in [5.74, 6) is 0.921. The van der Waals surface area contributed by atoms with E-state index in [0.717, 1.165) is 25.6 Å². The third kappa shape index (κ3) is 4.59. The largest absolute Gasteiger partial charge is 0.382 e. The number of methoxy groups -OCH3 is 1. The van der Waals surface area contributed by atoms with E-state index >= 15 is 0 Å². The van der Waals surface area contributed by atoms with Crippen LogP contribution in [0.25, 0.3) is 10.1 Å². The minimum Gasteiger partial charge on any atom is -0.382 e. The Bertz CT molecular complexity index is 675. The van der Waals surface area contributed by atoms with Gasteiger partial charge in [-0.25, -0.2) is 0 Å². The molecule has 5 nitrogen and oxygen atoms in total. The lowest BCUT2D eigenvalue weighted by Crippen LogP contribution is -2.51. The van der Waals surface area contributed by atoms with E-state index in [4.69, 9.17) is 9.47 Å². The minimum absolute atomic E-state index is 0. The SMILES string of the molecule is CN=C(NCc1csc2ccccc12)N1CCOC(COC)C1.I. The minimum atomic E-state index is 0. The van der Waals surface area contributed by atoms with Gasteiger partial charge in [0.15, 0.2) is 5.96 Å². The molecular weight excluding hydrogens is 437 g/mol. The van der Waals surface area contributed by atoms with Gasteiger partial charge in [0.1, 0.15) is 0 Å². The number of hydrogen-bond donors (Lipinski definition) is 1. The van der Waals surface area contributed by atoms with Gasteiger partial charge in [-0.05, 0) is 22.4 Å². The molecule has 0 saturated carbocycles. The molecule has 7 heteroatoms. The van der Waals surface area contributed by atoms with E-state index in [0.29, 0.717) is 13.2 Å². The fourth-order valence-corrected chi connectivity index (χ4v) is 3.84. The second-order valence-corrected chi connectivity index (χ2v) is 6.46. The van der Waals surface area contributed by atoms with E-state index in [1.54, 1.807) is 18.4 Å². The zero-order valence-corrected chi connectivity index (χ0v) is 17.2. The van der Waals surface area contributed by atoms with E-state index in [1.165, 1.54) is 15.6 Å². The van der Waals surface area contributed by atoms with Crippen LogP contribution in [0, 0.1) is 0 Å². The Morgan fingerprint density at radius 2 is 2.29 bits per heavy atom. The number of nitrogens with zero attached hydrogens (tertiary/aromatic N) is 2. The molecule has 0 aliphatic carbocycles.